The maximum absolute atomic E-state index is 13.3. The molecule has 0 radical (unpaired) electrons. The number of alkyl carbamates (subject to hydrolysis) is 1. The fraction of sp³-hybridized carbons (Fsp3) is 0.244. The molecular formula is C45H42N6O7S. The molecule has 6 aromatic rings. The second-order valence-corrected chi connectivity index (χ2v) is 15.4. The van der Waals surface area contributed by atoms with E-state index >= 15 is 0 Å². The van der Waals surface area contributed by atoms with Gasteiger partial charge in [0.2, 0.25) is 11.1 Å². The van der Waals surface area contributed by atoms with Gasteiger partial charge in [-0.15, -0.1) is 5.10 Å². The molecule has 14 heteroatoms. The number of hydrogen-bond acceptors (Lipinski definition) is 11. The van der Waals surface area contributed by atoms with Crippen LogP contribution in [0, 0.1) is 5.92 Å². The van der Waals surface area contributed by atoms with E-state index in [9.17, 15) is 19.5 Å². The Balaban J connectivity index is 0.973. The minimum atomic E-state index is -0.999. The average molecular weight is 811 g/mol. The Bertz CT molecular complexity index is 2400. The van der Waals surface area contributed by atoms with Gasteiger partial charge in [0.1, 0.15) is 12.6 Å². The van der Waals surface area contributed by atoms with Crippen LogP contribution in [0.5, 0.6) is 0 Å². The van der Waals surface area contributed by atoms with Crippen molar-refractivity contribution in [3.63, 3.8) is 0 Å². The van der Waals surface area contributed by atoms with Crippen LogP contribution in [0.1, 0.15) is 53.6 Å². The van der Waals surface area contributed by atoms with Crippen LogP contribution in [0.15, 0.2) is 139 Å². The third-order valence-corrected chi connectivity index (χ3v) is 11.5. The summed E-state index contributed by atoms with van der Waals surface area (Å²) in [6, 6.07) is 41.3. The van der Waals surface area contributed by atoms with Crippen LogP contribution >= 0.6 is 11.8 Å². The third kappa shape index (κ3) is 9.26. The summed E-state index contributed by atoms with van der Waals surface area (Å²) in [5.74, 6) is -0.350. The van der Waals surface area contributed by atoms with Crippen LogP contribution in [0.25, 0.3) is 16.8 Å². The summed E-state index contributed by atoms with van der Waals surface area (Å²) < 4.78 is 20.5. The maximum Gasteiger partial charge on any atom is 0.408 e. The third-order valence-electron chi connectivity index (χ3n) is 10.5. The van der Waals surface area contributed by atoms with E-state index in [0.29, 0.717) is 10.9 Å². The van der Waals surface area contributed by atoms with Crippen LogP contribution in [0.4, 0.5) is 4.79 Å². The summed E-state index contributed by atoms with van der Waals surface area (Å²) in [6.45, 7) is 2.17. The van der Waals surface area contributed by atoms with Crippen molar-refractivity contribution in [3.8, 4) is 16.8 Å². The van der Waals surface area contributed by atoms with Gasteiger partial charge in [-0.25, -0.2) is 4.79 Å². The summed E-state index contributed by atoms with van der Waals surface area (Å²) >= 11 is 1.51. The van der Waals surface area contributed by atoms with Crippen LogP contribution in [-0.4, -0.2) is 66.0 Å². The summed E-state index contributed by atoms with van der Waals surface area (Å²) in [6.07, 6.45) is -2.18. The van der Waals surface area contributed by atoms with Crippen LogP contribution in [0.3, 0.4) is 0 Å². The molecule has 5 atom stereocenters. The van der Waals surface area contributed by atoms with Gasteiger partial charge in [-0.05, 0) is 68.1 Å². The number of ether oxygens (including phenoxy) is 3. The molecule has 0 bridgehead atoms. The number of imide groups is 1. The first kappa shape index (κ1) is 39.6. The highest BCUT2D eigenvalue weighted by Gasteiger charge is 2.40. The van der Waals surface area contributed by atoms with Gasteiger partial charge in [-0.2, -0.15) is 4.68 Å². The Morgan fingerprint density at radius 1 is 0.831 bits per heavy atom. The Kier molecular flexibility index (Phi) is 12.2. The first-order valence-corrected chi connectivity index (χ1v) is 20.3. The number of benzene rings is 5. The van der Waals surface area contributed by atoms with E-state index < -0.39 is 24.3 Å². The van der Waals surface area contributed by atoms with Crippen molar-refractivity contribution >= 4 is 29.7 Å². The number of para-hydroxylation sites is 1. The Hall–Kier alpha value is -6.19. The SMILES string of the molecule is CC1C(CSc2nnnn2-c2ccccc2)OC(c2cccc(-c3cccc(CN4C(=O)CC(NC(=O)OCc5ccccc5)C4=O)c3)c2)OC1c1ccc(CO)cc1. The van der Waals surface area contributed by atoms with Crippen molar-refractivity contribution < 1.29 is 33.7 Å². The van der Waals surface area contributed by atoms with Crippen molar-refractivity contribution in [3.05, 3.63) is 161 Å². The topological polar surface area (TPSA) is 158 Å². The zero-order chi connectivity index (χ0) is 40.7. The van der Waals surface area contributed by atoms with E-state index in [-0.39, 0.29) is 50.2 Å². The number of nitrogens with zero attached hydrogens (tertiary/aromatic N) is 5. The number of likely N-dealkylation sites (tertiary alicyclic amines) is 1. The van der Waals surface area contributed by atoms with E-state index in [1.807, 2.05) is 133 Å². The van der Waals surface area contributed by atoms with Crippen molar-refractivity contribution in [1.29, 1.82) is 0 Å². The molecule has 0 aliphatic carbocycles. The number of amides is 3. The zero-order valence-corrected chi connectivity index (χ0v) is 33.0. The summed E-state index contributed by atoms with van der Waals surface area (Å²) in [4.78, 5) is 39.9. The molecule has 5 unspecified atom stereocenters. The normalized spacial score (nSPS) is 20.4. The number of nitrogens with one attached hydrogen (secondary N) is 1. The standard InChI is InChI=1S/C45H42N6O7S/c1-29-39(28-59-44-47-48-49-51(44)37-16-6-3-7-17-37)57-43(58-41(29)33-20-18-30(26-52)19-21-33)36-15-9-14-35(23-36)34-13-8-12-32(22-34)25-50-40(53)24-38(42(50)54)46-45(55)56-27-31-10-4-2-5-11-31/h2-23,29,38-39,41,43,52H,24-28H2,1H3,(H,46,55). The second-order valence-electron chi connectivity index (χ2n) is 14.4. The fourth-order valence-corrected chi connectivity index (χ4v) is 8.29. The molecule has 5 aromatic carbocycles. The molecular weight excluding hydrogens is 769 g/mol. The first-order chi connectivity index (χ1) is 28.8. The van der Waals surface area contributed by atoms with Crippen molar-refractivity contribution in [2.75, 3.05) is 5.75 Å². The highest BCUT2D eigenvalue weighted by molar-refractivity contribution is 7.99. The molecule has 2 saturated heterocycles. The van der Waals surface area contributed by atoms with E-state index in [4.69, 9.17) is 14.2 Å². The molecule has 2 aliphatic heterocycles. The zero-order valence-electron chi connectivity index (χ0n) is 32.2. The number of aromatic nitrogens is 4. The number of rotatable bonds is 13. The molecule has 2 aliphatic rings. The molecule has 2 N–H and O–H groups in total. The maximum atomic E-state index is 13.3. The lowest BCUT2D eigenvalue weighted by molar-refractivity contribution is -0.268. The Morgan fingerprint density at radius 3 is 2.31 bits per heavy atom. The molecule has 0 saturated carbocycles. The predicted octanol–water partition coefficient (Wildman–Crippen LogP) is 6.96. The molecule has 3 heterocycles. The van der Waals surface area contributed by atoms with Gasteiger partial charge in [0.25, 0.3) is 5.91 Å². The minimum Gasteiger partial charge on any atom is -0.445 e. The van der Waals surface area contributed by atoms with Crippen molar-refractivity contribution in [2.24, 2.45) is 5.92 Å². The van der Waals surface area contributed by atoms with Crippen molar-refractivity contribution in [1.82, 2.24) is 30.4 Å². The van der Waals surface area contributed by atoms with Crippen LogP contribution < -0.4 is 5.32 Å². The Morgan fingerprint density at radius 2 is 1.54 bits per heavy atom. The molecule has 0 spiro atoms. The van der Waals surface area contributed by atoms with Gasteiger partial charge in [0.15, 0.2) is 6.29 Å². The van der Waals surface area contributed by atoms with E-state index in [0.717, 1.165) is 44.6 Å². The minimum absolute atomic E-state index is 0.0504. The Labute approximate surface area is 345 Å². The molecule has 1 aromatic heterocycles. The fourth-order valence-electron chi connectivity index (χ4n) is 7.23. The van der Waals surface area contributed by atoms with Crippen LogP contribution in [0.2, 0.25) is 0 Å². The van der Waals surface area contributed by atoms with E-state index in [2.05, 4.69) is 27.8 Å². The predicted molar refractivity (Wildman–Crippen MR) is 218 cm³/mol. The number of tetrazole rings is 1. The first-order valence-electron chi connectivity index (χ1n) is 19.3. The number of aliphatic hydroxyl groups excluding tert-OH is 1. The largest absolute Gasteiger partial charge is 0.445 e. The number of hydrogen-bond donors (Lipinski definition) is 2. The number of aliphatic hydroxyl groups is 1. The van der Waals surface area contributed by atoms with E-state index in [1.54, 1.807) is 4.68 Å². The summed E-state index contributed by atoms with van der Waals surface area (Å²) in [5, 5.41) is 25.3. The van der Waals surface area contributed by atoms with Crippen LogP contribution in [-0.2, 0) is 43.6 Å². The number of thioether (sulfide) groups is 1. The van der Waals surface area contributed by atoms with Crippen molar-refractivity contribution in [2.45, 2.75) is 62.8 Å². The lowest BCUT2D eigenvalue weighted by Gasteiger charge is -2.41. The highest BCUT2D eigenvalue weighted by Crippen LogP contribution is 2.43. The smallest absolute Gasteiger partial charge is 0.408 e. The van der Waals surface area contributed by atoms with Gasteiger partial charge in [-0.3, -0.25) is 14.5 Å². The molecule has 8 rings (SSSR count). The number of carbonyl (C=O) groups is 3. The quantitative estimate of drug-likeness (QED) is 0.0918. The van der Waals surface area contributed by atoms with Gasteiger partial charge >= 0.3 is 6.09 Å². The lowest BCUT2D eigenvalue weighted by Crippen LogP contribution is -2.41. The second kappa shape index (κ2) is 18.2. The van der Waals surface area contributed by atoms with E-state index in [1.165, 1.54) is 16.7 Å². The molecule has 13 nitrogen and oxygen atoms in total. The van der Waals surface area contributed by atoms with Gasteiger partial charge in [0.05, 0.1) is 37.5 Å². The summed E-state index contributed by atoms with van der Waals surface area (Å²) in [7, 11) is 0. The average Bonchev–Trinajstić information content (AvgIpc) is 3.86. The lowest BCUT2D eigenvalue weighted by atomic mass is 9.91. The van der Waals surface area contributed by atoms with Gasteiger partial charge in [0, 0.05) is 17.2 Å². The number of carbonyl (C=O) groups excluding carboxylic acids is 3. The summed E-state index contributed by atoms with van der Waals surface area (Å²) in [5.41, 5.74) is 6.80. The molecule has 59 heavy (non-hydrogen) atoms. The molecule has 2 fully saturated rings. The molecule has 3 amide bonds. The highest BCUT2D eigenvalue weighted by atomic mass is 32.2. The van der Waals surface area contributed by atoms with Gasteiger partial charge < -0.3 is 24.6 Å². The monoisotopic (exact) mass is 810 g/mol. The molecule has 300 valence electrons. The van der Waals surface area contributed by atoms with Gasteiger partial charge in [-0.1, -0.05) is 128 Å².